The maximum Gasteiger partial charge on any atom is 0.270 e. The normalized spacial score (nSPS) is 18.4. The first kappa shape index (κ1) is 21.3. The minimum atomic E-state index is 0.0287. The van der Waals surface area contributed by atoms with Crippen LogP contribution in [0, 0.1) is 6.57 Å². The number of hydrogen-bond acceptors (Lipinski definition) is 3. The van der Waals surface area contributed by atoms with Crippen molar-refractivity contribution >= 4 is 33.5 Å². The summed E-state index contributed by atoms with van der Waals surface area (Å²) in [5, 5.41) is 5.68. The molecule has 0 radical (unpaired) electrons. The Balaban J connectivity index is 1.26. The molecule has 6 nitrogen and oxygen atoms in total. The number of hydrogen-bond donors (Lipinski definition) is 2. The van der Waals surface area contributed by atoms with E-state index in [0.29, 0.717) is 30.5 Å². The SMILES string of the molecule is [C-]#[N+]c1ccc2[nH]c(C(=O)N(CC)[C@H]3CCC[C@@H](NCc4cc5ccccc5o4)C3)cc2c1. The van der Waals surface area contributed by atoms with Gasteiger partial charge in [-0.1, -0.05) is 24.3 Å². The Hall–Kier alpha value is -3.56. The minimum Gasteiger partial charge on any atom is -0.460 e. The van der Waals surface area contributed by atoms with E-state index in [1.807, 2.05) is 48.2 Å². The first-order valence-electron chi connectivity index (χ1n) is 11.7. The van der Waals surface area contributed by atoms with Crippen molar-refractivity contribution in [1.82, 2.24) is 15.2 Å². The highest BCUT2D eigenvalue weighted by atomic mass is 16.3. The fraction of sp³-hybridized carbons (Fsp3) is 0.333. The quantitative estimate of drug-likeness (QED) is 0.360. The van der Waals surface area contributed by atoms with Crippen molar-refractivity contribution in [3.8, 4) is 0 Å². The number of carbonyl (C=O) groups excluding carboxylic acids is 1. The van der Waals surface area contributed by atoms with Crippen LogP contribution in [-0.2, 0) is 6.54 Å². The van der Waals surface area contributed by atoms with Gasteiger partial charge in [0.05, 0.1) is 13.1 Å². The molecule has 1 aliphatic carbocycles. The third-order valence-electron chi connectivity index (χ3n) is 6.69. The zero-order valence-electron chi connectivity index (χ0n) is 18.8. The van der Waals surface area contributed by atoms with Gasteiger partial charge in [-0.05, 0) is 68.3 Å². The van der Waals surface area contributed by atoms with Crippen molar-refractivity contribution in [3.63, 3.8) is 0 Å². The summed E-state index contributed by atoms with van der Waals surface area (Å²) >= 11 is 0. The van der Waals surface area contributed by atoms with Crippen molar-refractivity contribution < 1.29 is 9.21 Å². The van der Waals surface area contributed by atoms with Gasteiger partial charge in [-0.15, -0.1) is 0 Å². The van der Waals surface area contributed by atoms with Crippen molar-refractivity contribution in [2.45, 2.75) is 51.2 Å². The van der Waals surface area contributed by atoms with E-state index in [1.54, 1.807) is 6.07 Å². The van der Waals surface area contributed by atoms with Gasteiger partial charge in [0, 0.05) is 29.5 Å². The summed E-state index contributed by atoms with van der Waals surface area (Å²) in [4.78, 5) is 22.1. The van der Waals surface area contributed by atoms with Crippen LogP contribution in [0.25, 0.3) is 26.7 Å². The summed E-state index contributed by atoms with van der Waals surface area (Å²) in [5.41, 5.74) is 2.97. The van der Waals surface area contributed by atoms with E-state index in [-0.39, 0.29) is 11.9 Å². The highest BCUT2D eigenvalue weighted by Crippen LogP contribution is 2.27. The molecule has 0 bridgehead atoms. The fourth-order valence-corrected chi connectivity index (χ4v) is 5.03. The zero-order chi connectivity index (χ0) is 22.8. The number of H-pyrrole nitrogens is 1. The Morgan fingerprint density at radius 1 is 1.18 bits per heavy atom. The minimum absolute atomic E-state index is 0.0287. The van der Waals surface area contributed by atoms with Crippen LogP contribution in [-0.4, -0.2) is 34.4 Å². The molecule has 2 aromatic carbocycles. The number of aromatic amines is 1. The van der Waals surface area contributed by atoms with E-state index in [1.165, 1.54) is 0 Å². The number of benzene rings is 2. The molecule has 2 atom stereocenters. The van der Waals surface area contributed by atoms with Crippen LogP contribution in [0.4, 0.5) is 5.69 Å². The molecule has 2 N–H and O–H groups in total. The van der Waals surface area contributed by atoms with Crippen molar-refractivity contribution in [1.29, 1.82) is 0 Å². The van der Waals surface area contributed by atoms with Crippen LogP contribution >= 0.6 is 0 Å². The summed E-state index contributed by atoms with van der Waals surface area (Å²) in [5.74, 6) is 0.972. The lowest BCUT2D eigenvalue weighted by molar-refractivity contribution is 0.0622. The lowest BCUT2D eigenvalue weighted by atomic mass is 9.89. The predicted octanol–water partition coefficient (Wildman–Crippen LogP) is 6.03. The number of nitrogens with zero attached hydrogens (tertiary/aromatic N) is 2. The first-order chi connectivity index (χ1) is 16.1. The van der Waals surface area contributed by atoms with E-state index >= 15 is 0 Å². The zero-order valence-corrected chi connectivity index (χ0v) is 18.8. The monoisotopic (exact) mass is 440 g/mol. The smallest absolute Gasteiger partial charge is 0.270 e. The Morgan fingerprint density at radius 3 is 2.88 bits per heavy atom. The maximum atomic E-state index is 13.4. The van der Waals surface area contributed by atoms with Crippen LogP contribution in [0.2, 0.25) is 0 Å². The Labute approximate surface area is 193 Å². The second kappa shape index (κ2) is 9.13. The number of furan rings is 1. The third kappa shape index (κ3) is 4.37. The molecule has 2 heterocycles. The highest BCUT2D eigenvalue weighted by molar-refractivity contribution is 5.98. The standard InChI is InChI=1S/C27H28N4O2/c1-3-31(27(32)25-15-19-13-20(28-2)11-12-24(19)30-25)22-9-6-8-21(16-22)29-17-23-14-18-7-4-5-10-26(18)33-23/h4-5,7,10-15,21-22,29-30H,3,6,8-9,16-17H2,1H3/t21-,22+/m1/s1. The van der Waals surface area contributed by atoms with Crippen LogP contribution in [0.1, 0.15) is 48.9 Å². The van der Waals surface area contributed by atoms with Crippen LogP contribution in [0.3, 0.4) is 0 Å². The molecule has 1 amide bonds. The van der Waals surface area contributed by atoms with Crippen molar-refractivity contribution in [2.24, 2.45) is 0 Å². The van der Waals surface area contributed by atoms with Gasteiger partial charge >= 0.3 is 0 Å². The van der Waals surface area contributed by atoms with Gasteiger partial charge in [0.25, 0.3) is 5.91 Å². The number of fused-ring (bicyclic) bond motifs is 2. The first-order valence-corrected chi connectivity index (χ1v) is 11.7. The van der Waals surface area contributed by atoms with E-state index in [0.717, 1.165) is 53.3 Å². The number of rotatable bonds is 6. The lowest BCUT2D eigenvalue weighted by Crippen LogP contribution is -2.46. The average molecular weight is 441 g/mol. The van der Waals surface area contributed by atoms with Crippen LogP contribution in [0.5, 0.6) is 0 Å². The summed E-state index contributed by atoms with van der Waals surface area (Å²) in [6, 6.07) is 18.1. The molecule has 168 valence electrons. The summed E-state index contributed by atoms with van der Waals surface area (Å²) in [6.45, 7) is 10.6. The molecular formula is C27H28N4O2. The summed E-state index contributed by atoms with van der Waals surface area (Å²) in [7, 11) is 0. The topological polar surface area (TPSA) is 65.6 Å². The van der Waals surface area contributed by atoms with Gasteiger partial charge in [-0.25, -0.2) is 4.85 Å². The molecule has 0 spiro atoms. The molecule has 2 aromatic heterocycles. The highest BCUT2D eigenvalue weighted by Gasteiger charge is 2.30. The van der Waals surface area contributed by atoms with Gasteiger partial charge in [0.15, 0.2) is 5.69 Å². The third-order valence-corrected chi connectivity index (χ3v) is 6.69. The Bertz CT molecular complexity index is 1300. The maximum absolute atomic E-state index is 13.4. The number of aromatic nitrogens is 1. The second-order valence-corrected chi connectivity index (χ2v) is 8.81. The van der Waals surface area contributed by atoms with Gasteiger partial charge < -0.3 is 19.6 Å². The fourth-order valence-electron chi connectivity index (χ4n) is 5.03. The largest absolute Gasteiger partial charge is 0.460 e. The van der Waals surface area contributed by atoms with E-state index in [2.05, 4.69) is 27.3 Å². The molecule has 1 fully saturated rings. The molecule has 1 saturated carbocycles. The molecule has 0 unspecified atom stereocenters. The second-order valence-electron chi connectivity index (χ2n) is 8.81. The average Bonchev–Trinajstić information content (AvgIpc) is 3.46. The van der Waals surface area contributed by atoms with Gasteiger partial charge in [0.2, 0.25) is 0 Å². The van der Waals surface area contributed by atoms with Crippen LogP contribution < -0.4 is 5.32 Å². The molecule has 0 aliphatic heterocycles. The van der Waals surface area contributed by atoms with Gasteiger partial charge in [-0.2, -0.15) is 0 Å². The van der Waals surface area contributed by atoms with Crippen molar-refractivity contribution in [2.75, 3.05) is 6.54 Å². The molecule has 6 heteroatoms. The lowest BCUT2D eigenvalue weighted by Gasteiger charge is -2.37. The van der Waals surface area contributed by atoms with Crippen molar-refractivity contribution in [3.05, 3.63) is 77.5 Å². The number of amides is 1. The number of carbonyl (C=O) groups is 1. The van der Waals surface area contributed by atoms with Crippen LogP contribution in [0.15, 0.2) is 59.0 Å². The molecule has 33 heavy (non-hydrogen) atoms. The Kier molecular flexibility index (Phi) is 5.89. The predicted molar refractivity (Wildman–Crippen MR) is 130 cm³/mol. The van der Waals surface area contributed by atoms with Gasteiger partial charge in [0.1, 0.15) is 17.0 Å². The summed E-state index contributed by atoms with van der Waals surface area (Å²) in [6.07, 6.45) is 4.15. The molecular weight excluding hydrogens is 412 g/mol. The number of para-hydroxylation sites is 1. The molecule has 1 aliphatic rings. The molecule has 0 saturated heterocycles. The molecule has 5 rings (SSSR count). The summed E-state index contributed by atoms with van der Waals surface area (Å²) < 4.78 is 5.95. The Morgan fingerprint density at radius 2 is 2.06 bits per heavy atom. The van der Waals surface area contributed by atoms with E-state index < -0.39 is 0 Å². The number of nitrogens with one attached hydrogen (secondary N) is 2. The molecule has 4 aromatic rings. The van der Waals surface area contributed by atoms with Gasteiger partial charge in [-0.3, -0.25) is 4.79 Å². The van der Waals surface area contributed by atoms with E-state index in [4.69, 9.17) is 11.0 Å². The van der Waals surface area contributed by atoms with E-state index in [9.17, 15) is 4.79 Å².